The van der Waals surface area contributed by atoms with Crippen molar-refractivity contribution in [1.29, 1.82) is 0 Å². The highest BCUT2D eigenvalue weighted by Gasteiger charge is 2.27. The first kappa shape index (κ1) is 25.4. The van der Waals surface area contributed by atoms with Gasteiger partial charge in [-0.3, -0.25) is 4.79 Å². The van der Waals surface area contributed by atoms with Gasteiger partial charge >= 0.3 is 6.01 Å². The number of aryl methyl sites for hydroxylation is 1. The number of benzene rings is 1. The van der Waals surface area contributed by atoms with Crippen LogP contribution in [0.15, 0.2) is 35.2 Å². The third-order valence-corrected chi connectivity index (χ3v) is 7.75. The molecular weight excluding hydrogens is 504 g/mol. The summed E-state index contributed by atoms with van der Waals surface area (Å²) in [6, 6.07) is 5.09. The molecule has 2 aliphatic rings. The highest BCUT2D eigenvalue weighted by atomic mass is 19.1. The van der Waals surface area contributed by atoms with E-state index in [2.05, 4.69) is 31.9 Å². The molecule has 0 saturated carbocycles. The SMILES string of the molecule is CCCc1noc(N2CCC(n3cc(F)c4c(Cc5ccc(C(=O)N6CCCC6)cc5F)ncnc43)CC2)n1. The van der Waals surface area contributed by atoms with Crippen molar-refractivity contribution in [2.24, 2.45) is 0 Å². The Labute approximate surface area is 224 Å². The summed E-state index contributed by atoms with van der Waals surface area (Å²) in [7, 11) is 0. The van der Waals surface area contributed by atoms with Crippen molar-refractivity contribution in [3.05, 3.63) is 65.0 Å². The van der Waals surface area contributed by atoms with Crippen LogP contribution < -0.4 is 4.90 Å². The molecule has 11 heteroatoms. The molecule has 5 heterocycles. The van der Waals surface area contributed by atoms with Gasteiger partial charge in [-0.2, -0.15) is 4.98 Å². The minimum atomic E-state index is -0.498. The maximum Gasteiger partial charge on any atom is 0.324 e. The van der Waals surface area contributed by atoms with Crippen LogP contribution in [0, 0.1) is 11.6 Å². The van der Waals surface area contributed by atoms with Crippen molar-refractivity contribution < 1.29 is 18.1 Å². The quantitative estimate of drug-likeness (QED) is 0.338. The number of piperidine rings is 1. The summed E-state index contributed by atoms with van der Waals surface area (Å²) in [5, 5.41) is 4.34. The lowest BCUT2D eigenvalue weighted by Gasteiger charge is -2.31. The number of carbonyl (C=O) groups excluding carboxylic acids is 1. The summed E-state index contributed by atoms with van der Waals surface area (Å²) in [6.07, 6.45) is 8.17. The smallest absolute Gasteiger partial charge is 0.324 e. The molecule has 4 aromatic rings. The van der Waals surface area contributed by atoms with Crippen LogP contribution in [0.25, 0.3) is 11.0 Å². The Hall–Kier alpha value is -3.89. The van der Waals surface area contributed by atoms with Crippen LogP contribution in [-0.4, -0.2) is 61.7 Å². The highest BCUT2D eigenvalue weighted by molar-refractivity contribution is 5.94. The van der Waals surface area contributed by atoms with E-state index < -0.39 is 11.6 Å². The summed E-state index contributed by atoms with van der Waals surface area (Å²) < 4.78 is 37.7. The Morgan fingerprint density at radius 1 is 1.08 bits per heavy atom. The molecule has 1 amide bonds. The molecule has 9 nitrogen and oxygen atoms in total. The van der Waals surface area contributed by atoms with Gasteiger partial charge in [0.05, 0.1) is 11.1 Å². The van der Waals surface area contributed by atoms with E-state index in [0.29, 0.717) is 65.9 Å². The van der Waals surface area contributed by atoms with Crippen LogP contribution in [0.4, 0.5) is 14.8 Å². The van der Waals surface area contributed by atoms with Gasteiger partial charge in [-0.1, -0.05) is 18.1 Å². The molecule has 1 aromatic carbocycles. The largest absolute Gasteiger partial charge is 0.339 e. The second-order valence-corrected chi connectivity index (χ2v) is 10.3. The van der Waals surface area contributed by atoms with Crippen molar-refractivity contribution in [3.8, 4) is 0 Å². The topological polar surface area (TPSA) is 93.2 Å². The summed E-state index contributed by atoms with van der Waals surface area (Å²) in [5.74, 6) is -0.369. The van der Waals surface area contributed by atoms with E-state index in [9.17, 15) is 4.79 Å². The van der Waals surface area contributed by atoms with Gasteiger partial charge in [-0.25, -0.2) is 18.7 Å². The third-order valence-electron chi connectivity index (χ3n) is 7.75. The van der Waals surface area contributed by atoms with Crippen LogP contribution in [0.2, 0.25) is 0 Å². The Kier molecular flexibility index (Phi) is 6.97. The molecule has 0 atom stereocenters. The van der Waals surface area contributed by atoms with E-state index in [1.165, 1.54) is 18.6 Å². The van der Waals surface area contributed by atoms with E-state index in [-0.39, 0.29) is 18.4 Å². The van der Waals surface area contributed by atoms with E-state index in [0.717, 1.165) is 38.5 Å². The standard InChI is InChI=1S/C28H31F2N7O2/c1-2-5-24-33-28(39-34-24)36-12-8-20(9-13-36)37-16-22(30)25-23(31-17-32-26(25)37)15-18-6-7-19(14-21(18)29)27(38)35-10-3-4-11-35/h6-7,14,16-17,20H,2-5,8-13,15H2,1H3. The van der Waals surface area contributed by atoms with E-state index in [1.807, 2.05) is 4.57 Å². The molecule has 2 fully saturated rings. The lowest BCUT2D eigenvalue weighted by Crippen LogP contribution is -2.34. The molecule has 0 aliphatic carbocycles. The number of nitrogens with zero attached hydrogens (tertiary/aromatic N) is 7. The zero-order valence-corrected chi connectivity index (χ0v) is 21.9. The summed E-state index contributed by atoms with van der Waals surface area (Å²) >= 11 is 0. The molecule has 2 aliphatic heterocycles. The molecule has 3 aromatic heterocycles. The number of carbonyl (C=O) groups is 1. The van der Waals surface area contributed by atoms with Gasteiger partial charge in [0.25, 0.3) is 5.91 Å². The number of likely N-dealkylation sites (tertiary alicyclic amines) is 1. The number of hydrogen-bond acceptors (Lipinski definition) is 7. The molecule has 2 saturated heterocycles. The summed E-state index contributed by atoms with van der Waals surface area (Å²) in [4.78, 5) is 29.6. The second-order valence-electron chi connectivity index (χ2n) is 10.3. The predicted octanol–water partition coefficient (Wildman–Crippen LogP) is 4.71. The number of hydrogen-bond donors (Lipinski definition) is 0. The number of amides is 1. The first-order valence-corrected chi connectivity index (χ1v) is 13.7. The minimum Gasteiger partial charge on any atom is -0.339 e. The number of aromatic nitrogens is 5. The number of halogens is 2. The van der Waals surface area contributed by atoms with Gasteiger partial charge in [0.2, 0.25) is 0 Å². The highest BCUT2D eigenvalue weighted by Crippen LogP contribution is 2.32. The zero-order chi connectivity index (χ0) is 26.9. The number of rotatable bonds is 7. The van der Waals surface area contributed by atoms with E-state index in [4.69, 9.17) is 4.52 Å². The van der Waals surface area contributed by atoms with Gasteiger partial charge in [0, 0.05) is 56.8 Å². The van der Waals surface area contributed by atoms with E-state index in [1.54, 1.807) is 17.0 Å². The van der Waals surface area contributed by atoms with Gasteiger partial charge in [0.1, 0.15) is 17.8 Å². The average molecular weight is 536 g/mol. The van der Waals surface area contributed by atoms with E-state index >= 15 is 8.78 Å². The van der Waals surface area contributed by atoms with Gasteiger partial charge in [-0.15, -0.1) is 0 Å². The Morgan fingerprint density at radius 3 is 2.62 bits per heavy atom. The van der Waals surface area contributed by atoms with Crippen LogP contribution in [-0.2, 0) is 12.8 Å². The normalized spacial score (nSPS) is 16.5. The molecule has 0 bridgehead atoms. The minimum absolute atomic E-state index is 0.0432. The van der Waals surface area contributed by atoms with Crippen LogP contribution in [0.5, 0.6) is 0 Å². The maximum absolute atomic E-state index is 15.3. The first-order valence-electron chi connectivity index (χ1n) is 13.7. The maximum atomic E-state index is 15.3. The Morgan fingerprint density at radius 2 is 1.87 bits per heavy atom. The molecule has 6 rings (SSSR count). The van der Waals surface area contributed by atoms with Crippen LogP contribution in [0.3, 0.4) is 0 Å². The first-order chi connectivity index (χ1) is 19.0. The molecule has 0 unspecified atom stereocenters. The van der Waals surface area contributed by atoms with Crippen molar-refractivity contribution in [1.82, 2.24) is 29.6 Å². The summed E-state index contributed by atoms with van der Waals surface area (Å²) in [5.41, 5.74) is 1.60. The zero-order valence-electron chi connectivity index (χ0n) is 21.9. The van der Waals surface area contributed by atoms with Crippen LogP contribution in [0.1, 0.15) is 72.5 Å². The summed E-state index contributed by atoms with van der Waals surface area (Å²) in [6.45, 7) is 4.87. The molecular formula is C28H31F2N7O2. The van der Waals surface area contributed by atoms with Crippen molar-refractivity contribution >= 4 is 23.0 Å². The number of fused-ring (bicyclic) bond motifs is 1. The Balaban J connectivity index is 1.19. The van der Waals surface area contributed by atoms with Crippen molar-refractivity contribution in [3.63, 3.8) is 0 Å². The molecule has 0 spiro atoms. The lowest BCUT2D eigenvalue weighted by atomic mass is 10.0. The van der Waals surface area contributed by atoms with Gasteiger partial charge in [-0.05, 0) is 49.8 Å². The average Bonchev–Trinajstić information content (AvgIpc) is 3.71. The van der Waals surface area contributed by atoms with Crippen LogP contribution >= 0.6 is 0 Å². The molecule has 0 N–H and O–H groups in total. The van der Waals surface area contributed by atoms with Gasteiger partial charge in [0.15, 0.2) is 11.6 Å². The lowest BCUT2D eigenvalue weighted by molar-refractivity contribution is 0.0792. The number of anilines is 1. The fraction of sp³-hybridized carbons (Fsp3) is 0.464. The Bertz CT molecular complexity index is 1490. The third kappa shape index (κ3) is 4.97. The fourth-order valence-corrected chi connectivity index (χ4v) is 5.65. The second kappa shape index (κ2) is 10.7. The van der Waals surface area contributed by atoms with Crippen molar-refractivity contribution in [2.75, 3.05) is 31.1 Å². The van der Waals surface area contributed by atoms with Gasteiger partial charge < -0.3 is 18.9 Å². The predicted molar refractivity (Wildman–Crippen MR) is 141 cm³/mol. The molecule has 0 radical (unpaired) electrons. The van der Waals surface area contributed by atoms with Crippen molar-refractivity contribution in [2.45, 2.75) is 57.9 Å². The molecule has 204 valence electrons. The molecule has 39 heavy (non-hydrogen) atoms. The monoisotopic (exact) mass is 535 g/mol. The fourth-order valence-electron chi connectivity index (χ4n) is 5.65.